The van der Waals surface area contributed by atoms with E-state index >= 15 is 0 Å². The van der Waals surface area contributed by atoms with E-state index in [0.717, 1.165) is 11.3 Å². The molecule has 0 heterocycles. The molecule has 2 rings (SSSR count). The third kappa shape index (κ3) is 1.86. The van der Waals surface area contributed by atoms with Crippen LogP contribution in [-0.2, 0) is 0 Å². The molecule has 1 saturated carbocycles. The number of hydrogen-bond donors (Lipinski definition) is 1. The van der Waals surface area contributed by atoms with Crippen LogP contribution in [0.2, 0.25) is 5.02 Å². The molecule has 14 heavy (non-hydrogen) atoms. The van der Waals surface area contributed by atoms with Crippen LogP contribution in [0, 0.1) is 5.92 Å². The molecule has 1 atom stereocenters. The van der Waals surface area contributed by atoms with Crippen molar-refractivity contribution in [1.82, 2.24) is 0 Å². The van der Waals surface area contributed by atoms with Crippen molar-refractivity contribution in [3.8, 4) is 5.75 Å². The topological polar surface area (TPSA) is 35.2 Å². The highest BCUT2D eigenvalue weighted by atomic mass is 35.5. The molecule has 1 aliphatic rings. The van der Waals surface area contributed by atoms with Gasteiger partial charge in [-0.2, -0.15) is 0 Å². The van der Waals surface area contributed by atoms with Gasteiger partial charge in [-0.15, -0.1) is 0 Å². The van der Waals surface area contributed by atoms with Crippen molar-refractivity contribution in [3.63, 3.8) is 0 Å². The van der Waals surface area contributed by atoms with Crippen molar-refractivity contribution in [2.24, 2.45) is 11.7 Å². The lowest BCUT2D eigenvalue weighted by Crippen LogP contribution is -2.12. The Morgan fingerprint density at radius 3 is 2.71 bits per heavy atom. The van der Waals surface area contributed by atoms with Gasteiger partial charge in [0, 0.05) is 11.1 Å². The number of methoxy groups -OCH3 is 1. The summed E-state index contributed by atoms with van der Waals surface area (Å²) in [7, 11) is 1.63. The van der Waals surface area contributed by atoms with E-state index in [1.165, 1.54) is 12.8 Å². The molecule has 76 valence electrons. The van der Waals surface area contributed by atoms with Gasteiger partial charge in [-0.1, -0.05) is 17.7 Å². The van der Waals surface area contributed by atoms with E-state index in [2.05, 4.69) is 0 Å². The van der Waals surface area contributed by atoms with E-state index < -0.39 is 0 Å². The Labute approximate surface area is 89.0 Å². The lowest BCUT2D eigenvalue weighted by atomic mass is 10.0. The highest BCUT2D eigenvalue weighted by Gasteiger charge is 2.30. The molecule has 0 saturated heterocycles. The average molecular weight is 212 g/mol. The number of benzene rings is 1. The molecule has 0 amide bonds. The first kappa shape index (κ1) is 9.81. The summed E-state index contributed by atoms with van der Waals surface area (Å²) in [4.78, 5) is 0. The lowest BCUT2D eigenvalue weighted by Gasteiger charge is -2.13. The largest absolute Gasteiger partial charge is 0.497 e. The molecule has 2 N–H and O–H groups in total. The summed E-state index contributed by atoms with van der Waals surface area (Å²) in [6.07, 6.45) is 2.45. The molecule has 1 unspecified atom stereocenters. The Bertz CT molecular complexity index is 336. The van der Waals surface area contributed by atoms with Crippen molar-refractivity contribution in [1.29, 1.82) is 0 Å². The first-order chi connectivity index (χ1) is 6.72. The SMILES string of the molecule is COc1ccc(C(N)C2CC2)c(Cl)c1. The molecule has 1 aromatic rings. The lowest BCUT2D eigenvalue weighted by molar-refractivity contribution is 0.414. The smallest absolute Gasteiger partial charge is 0.120 e. The van der Waals surface area contributed by atoms with Gasteiger partial charge in [-0.25, -0.2) is 0 Å². The van der Waals surface area contributed by atoms with E-state index in [-0.39, 0.29) is 6.04 Å². The van der Waals surface area contributed by atoms with E-state index in [9.17, 15) is 0 Å². The summed E-state index contributed by atoms with van der Waals surface area (Å²) in [6, 6.07) is 5.78. The highest BCUT2D eigenvalue weighted by Crippen LogP contribution is 2.41. The second kappa shape index (κ2) is 3.79. The summed E-state index contributed by atoms with van der Waals surface area (Å²) < 4.78 is 5.08. The van der Waals surface area contributed by atoms with Crippen molar-refractivity contribution in [3.05, 3.63) is 28.8 Å². The predicted octanol–water partition coefficient (Wildman–Crippen LogP) is 2.76. The Morgan fingerprint density at radius 2 is 2.21 bits per heavy atom. The van der Waals surface area contributed by atoms with E-state index in [0.29, 0.717) is 10.9 Å². The average Bonchev–Trinajstić information content (AvgIpc) is 3.00. The van der Waals surface area contributed by atoms with Crippen LogP contribution in [0.1, 0.15) is 24.4 Å². The van der Waals surface area contributed by atoms with Crippen LogP contribution in [-0.4, -0.2) is 7.11 Å². The minimum Gasteiger partial charge on any atom is -0.497 e. The zero-order valence-electron chi connectivity index (χ0n) is 8.16. The summed E-state index contributed by atoms with van der Waals surface area (Å²) in [6.45, 7) is 0. The van der Waals surface area contributed by atoms with Gasteiger partial charge >= 0.3 is 0 Å². The molecular formula is C11H14ClNO. The summed E-state index contributed by atoms with van der Waals surface area (Å²) >= 11 is 6.11. The van der Waals surface area contributed by atoms with Gasteiger partial charge in [-0.05, 0) is 36.5 Å². The van der Waals surface area contributed by atoms with E-state index in [4.69, 9.17) is 22.1 Å². The monoisotopic (exact) mass is 211 g/mol. The minimum atomic E-state index is 0.0911. The van der Waals surface area contributed by atoms with Crippen LogP contribution in [0.15, 0.2) is 18.2 Å². The fraction of sp³-hybridized carbons (Fsp3) is 0.455. The first-order valence-electron chi connectivity index (χ1n) is 4.81. The summed E-state index contributed by atoms with van der Waals surface area (Å²) in [5, 5.41) is 0.712. The van der Waals surface area contributed by atoms with Gasteiger partial charge in [-0.3, -0.25) is 0 Å². The zero-order valence-corrected chi connectivity index (χ0v) is 8.92. The molecule has 3 heteroatoms. The predicted molar refractivity (Wildman–Crippen MR) is 57.7 cm³/mol. The van der Waals surface area contributed by atoms with Crippen LogP contribution < -0.4 is 10.5 Å². The van der Waals surface area contributed by atoms with Gasteiger partial charge in [0.25, 0.3) is 0 Å². The van der Waals surface area contributed by atoms with E-state index in [1.54, 1.807) is 7.11 Å². The van der Waals surface area contributed by atoms with Gasteiger partial charge in [0.1, 0.15) is 5.75 Å². The molecule has 0 bridgehead atoms. The summed E-state index contributed by atoms with van der Waals surface area (Å²) in [5.41, 5.74) is 7.10. The number of ether oxygens (including phenoxy) is 1. The Kier molecular flexibility index (Phi) is 2.66. The van der Waals surface area contributed by atoms with Crippen molar-refractivity contribution in [2.45, 2.75) is 18.9 Å². The number of rotatable bonds is 3. The summed E-state index contributed by atoms with van der Waals surface area (Å²) in [5.74, 6) is 1.41. The molecular weight excluding hydrogens is 198 g/mol. The Balaban J connectivity index is 2.24. The fourth-order valence-electron chi connectivity index (χ4n) is 1.61. The quantitative estimate of drug-likeness (QED) is 0.835. The third-order valence-electron chi connectivity index (χ3n) is 2.70. The van der Waals surface area contributed by atoms with Crippen molar-refractivity contribution in [2.75, 3.05) is 7.11 Å². The maximum atomic E-state index is 6.11. The third-order valence-corrected chi connectivity index (χ3v) is 3.02. The molecule has 1 aliphatic carbocycles. The fourth-order valence-corrected chi connectivity index (χ4v) is 1.91. The molecule has 1 fully saturated rings. The first-order valence-corrected chi connectivity index (χ1v) is 5.19. The molecule has 1 aromatic carbocycles. The molecule has 0 radical (unpaired) electrons. The molecule has 0 aromatic heterocycles. The van der Waals surface area contributed by atoms with Crippen LogP contribution in [0.4, 0.5) is 0 Å². The van der Waals surface area contributed by atoms with Crippen LogP contribution in [0.25, 0.3) is 0 Å². The number of hydrogen-bond acceptors (Lipinski definition) is 2. The van der Waals surface area contributed by atoms with Gasteiger partial charge < -0.3 is 10.5 Å². The van der Waals surface area contributed by atoms with Crippen LogP contribution in [0.5, 0.6) is 5.75 Å². The van der Waals surface area contributed by atoms with Crippen LogP contribution in [0.3, 0.4) is 0 Å². The zero-order chi connectivity index (χ0) is 10.1. The van der Waals surface area contributed by atoms with Crippen LogP contribution >= 0.6 is 11.6 Å². The standard InChI is InChI=1S/C11H14ClNO/c1-14-8-4-5-9(10(12)6-8)11(13)7-2-3-7/h4-7,11H,2-3,13H2,1H3. The second-order valence-corrected chi connectivity index (χ2v) is 4.16. The maximum absolute atomic E-state index is 6.11. The maximum Gasteiger partial charge on any atom is 0.120 e. The van der Waals surface area contributed by atoms with E-state index in [1.807, 2.05) is 18.2 Å². The second-order valence-electron chi connectivity index (χ2n) is 3.75. The van der Waals surface area contributed by atoms with Crippen molar-refractivity contribution < 1.29 is 4.74 Å². The minimum absolute atomic E-state index is 0.0911. The normalized spacial score (nSPS) is 17.9. The molecule has 2 nitrogen and oxygen atoms in total. The van der Waals surface area contributed by atoms with Gasteiger partial charge in [0.15, 0.2) is 0 Å². The Hall–Kier alpha value is -0.730. The highest BCUT2D eigenvalue weighted by molar-refractivity contribution is 6.31. The molecule has 0 aliphatic heterocycles. The number of nitrogens with two attached hydrogens (primary N) is 1. The van der Waals surface area contributed by atoms with Crippen molar-refractivity contribution >= 4 is 11.6 Å². The Morgan fingerprint density at radius 1 is 1.50 bits per heavy atom. The van der Waals surface area contributed by atoms with Gasteiger partial charge in [0.05, 0.1) is 7.11 Å². The number of halogens is 1. The van der Waals surface area contributed by atoms with Gasteiger partial charge in [0.2, 0.25) is 0 Å². The molecule has 0 spiro atoms.